The van der Waals surface area contributed by atoms with Crippen LogP contribution < -0.4 is 0 Å². The molecule has 1 unspecified atom stereocenters. The van der Waals surface area contributed by atoms with Crippen LogP contribution in [-0.2, 0) is 26.5 Å². The van der Waals surface area contributed by atoms with E-state index in [2.05, 4.69) is 4.74 Å². The molecule has 0 radical (unpaired) electrons. The molecule has 1 atom stereocenters. The fraction of sp³-hybridized carbons (Fsp3) is 0.417. The van der Waals surface area contributed by atoms with E-state index in [0.717, 1.165) is 12.1 Å². The van der Waals surface area contributed by atoms with E-state index in [1.165, 1.54) is 12.1 Å². The molecule has 1 aromatic rings. The summed E-state index contributed by atoms with van der Waals surface area (Å²) in [5, 5.41) is 0. The highest BCUT2D eigenvalue weighted by atomic mass is 32.2. The summed E-state index contributed by atoms with van der Waals surface area (Å²) in [6, 6.07) is 4.28. The molecule has 0 heterocycles. The van der Waals surface area contributed by atoms with Crippen molar-refractivity contribution in [3.63, 3.8) is 0 Å². The second kappa shape index (κ2) is 6.70. The van der Waals surface area contributed by atoms with Gasteiger partial charge >= 0.3 is 12.1 Å². The summed E-state index contributed by atoms with van der Waals surface area (Å²) in [5.41, 5.74) is -0.852. The fourth-order valence-electron chi connectivity index (χ4n) is 1.34. The molecule has 1 aromatic carbocycles. The molecular weight excluding hydrogens is 281 g/mol. The largest absolute Gasteiger partial charge is 0.466 e. The van der Waals surface area contributed by atoms with Crippen molar-refractivity contribution in [2.45, 2.75) is 24.4 Å². The fourth-order valence-corrected chi connectivity index (χ4v) is 2.42. The van der Waals surface area contributed by atoms with Crippen molar-refractivity contribution in [3.8, 4) is 0 Å². The summed E-state index contributed by atoms with van der Waals surface area (Å²) in [6.45, 7) is 1.86. The van der Waals surface area contributed by atoms with Crippen molar-refractivity contribution in [2.24, 2.45) is 0 Å². The number of ether oxygens (including phenoxy) is 1. The van der Waals surface area contributed by atoms with Crippen molar-refractivity contribution < 1.29 is 26.9 Å². The molecule has 1 rings (SSSR count). The van der Waals surface area contributed by atoms with Crippen molar-refractivity contribution >= 4 is 16.8 Å². The van der Waals surface area contributed by atoms with E-state index in [4.69, 9.17) is 0 Å². The Morgan fingerprint density at radius 2 is 2.05 bits per heavy atom. The first-order valence-electron chi connectivity index (χ1n) is 5.56. The topological polar surface area (TPSA) is 43.4 Å². The smallest absolute Gasteiger partial charge is 0.416 e. The minimum Gasteiger partial charge on any atom is -0.466 e. The third kappa shape index (κ3) is 5.02. The molecule has 3 nitrogen and oxygen atoms in total. The lowest BCUT2D eigenvalue weighted by molar-refractivity contribution is -0.142. The molecule has 0 spiro atoms. The first-order chi connectivity index (χ1) is 8.84. The molecule has 0 aromatic heterocycles. The predicted octanol–water partition coefficient (Wildman–Crippen LogP) is 2.77. The van der Waals surface area contributed by atoms with Crippen molar-refractivity contribution in [3.05, 3.63) is 29.8 Å². The molecule has 7 heteroatoms. The Balaban J connectivity index is 2.70. The number of carbonyl (C=O) groups is 1. The van der Waals surface area contributed by atoms with Gasteiger partial charge in [-0.3, -0.25) is 9.00 Å². The Morgan fingerprint density at radius 1 is 1.37 bits per heavy atom. The van der Waals surface area contributed by atoms with Crippen LogP contribution in [0.2, 0.25) is 0 Å². The maximum Gasteiger partial charge on any atom is 0.416 e. The Hall–Kier alpha value is -1.37. The number of alkyl halides is 3. The van der Waals surface area contributed by atoms with Gasteiger partial charge in [0.15, 0.2) is 0 Å². The number of rotatable bonds is 5. The lowest BCUT2D eigenvalue weighted by Crippen LogP contribution is -2.10. The Labute approximate surface area is 111 Å². The van der Waals surface area contributed by atoms with Crippen LogP contribution in [0.1, 0.15) is 18.9 Å². The monoisotopic (exact) mass is 294 g/mol. The number of esters is 1. The second-order valence-corrected chi connectivity index (χ2v) is 5.20. The first kappa shape index (κ1) is 15.7. The normalized spacial score (nSPS) is 13.1. The molecule has 0 fully saturated rings. The maximum atomic E-state index is 12.5. The van der Waals surface area contributed by atoms with Crippen molar-refractivity contribution in [1.82, 2.24) is 0 Å². The molecule has 0 aliphatic rings. The Bertz CT molecular complexity index is 472. The summed E-state index contributed by atoms with van der Waals surface area (Å²) < 4.78 is 53.8. The van der Waals surface area contributed by atoms with Gasteiger partial charge in [0, 0.05) is 10.6 Å². The number of hydrogen-bond donors (Lipinski definition) is 0. The predicted molar refractivity (Wildman–Crippen MR) is 64.0 cm³/mol. The molecular formula is C12H13F3O3S. The molecule has 19 heavy (non-hydrogen) atoms. The van der Waals surface area contributed by atoms with Crippen LogP contribution in [0.4, 0.5) is 13.2 Å². The van der Waals surface area contributed by atoms with Crippen LogP contribution in [0.25, 0.3) is 0 Å². The highest BCUT2D eigenvalue weighted by Gasteiger charge is 2.30. The molecule has 106 valence electrons. The summed E-state index contributed by atoms with van der Waals surface area (Å²) in [4.78, 5) is 11.1. The molecule has 0 saturated heterocycles. The van der Waals surface area contributed by atoms with E-state index >= 15 is 0 Å². The number of halogens is 3. The van der Waals surface area contributed by atoms with Gasteiger partial charge in [-0.15, -0.1) is 0 Å². The Kier molecular flexibility index (Phi) is 5.53. The van der Waals surface area contributed by atoms with Crippen LogP contribution in [0, 0.1) is 0 Å². The Morgan fingerprint density at radius 3 is 2.63 bits per heavy atom. The third-order valence-electron chi connectivity index (χ3n) is 2.22. The average Bonchev–Trinajstić information content (AvgIpc) is 2.35. The quantitative estimate of drug-likeness (QED) is 0.784. The van der Waals surface area contributed by atoms with Gasteiger partial charge in [0.2, 0.25) is 0 Å². The summed E-state index contributed by atoms with van der Waals surface area (Å²) in [5.74, 6) is -0.567. The summed E-state index contributed by atoms with van der Waals surface area (Å²) in [6.07, 6.45) is -4.56. The third-order valence-corrected chi connectivity index (χ3v) is 3.58. The highest BCUT2D eigenvalue weighted by Crippen LogP contribution is 2.30. The van der Waals surface area contributed by atoms with E-state index in [0.29, 0.717) is 0 Å². The zero-order valence-corrected chi connectivity index (χ0v) is 11.0. The van der Waals surface area contributed by atoms with Crippen LogP contribution >= 0.6 is 0 Å². The molecule has 0 aliphatic carbocycles. The zero-order chi connectivity index (χ0) is 14.5. The van der Waals surface area contributed by atoms with Crippen molar-refractivity contribution in [1.29, 1.82) is 0 Å². The van der Waals surface area contributed by atoms with E-state index < -0.39 is 28.5 Å². The lowest BCUT2D eigenvalue weighted by atomic mass is 10.2. The molecule has 0 bridgehead atoms. The van der Waals surface area contributed by atoms with Crippen molar-refractivity contribution in [2.75, 3.05) is 12.4 Å². The number of carbonyl (C=O) groups excluding carboxylic acids is 1. The standard InChI is InChI=1S/C12H13F3O3S/c1-2-18-11(16)6-7-19(17)10-5-3-4-9(8-10)12(13,14)15/h3-5,8H,2,6-7H2,1H3. The number of hydrogen-bond acceptors (Lipinski definition) is 3. The van der Waals surface area contributed by atoms with Gasteiger partial charge in [0.1, 0.15) is 0 Å². The van der Waals surface area contributed by atoms with E-state index in [1.807, 2.05) is 0 Å². The van der Waals surface area contributed by atoms with Gasteiger partial charge in [-0.25, -0.2) is 0 Å². The minimum atomic E-state index is -4.47. The van der Waals surface area contributed by atoms with Gasteiger partial charge < -0.3 is 4.74 Å². The van der Waals surface area contributed by atoms with Gasteiger partial charge in [-0.05, 0) is 25.1 Å². The molecule has 0 aliphatic heterocycles. The average molecular weight is 294 g/mol. The molecule has 0 N–H and O–H groups in total. The second-order valence-electron chi connectivity index (χ2n) is 3.63. The summed E-state index contributed by atoms with van der Waals surface area (Å²) in [7, 11) is -1.65. The van der Waals surface area contributed by atoms with Crippen LogP contribution in [0.15, 0.2) is 29.2 Å². The van der Waals surface area contributed by atoms with E-state index in [-0.39, 0.29) is 23.7 Å². The SMILES string of the molecule is CCOC(=O)CCS(=O)c1cccc(C(F)(F)F)c1. The van der Waals surface area contributed by atoms with Gasteiger partial charge in [0.05, 0.1) is 29.4 Å². The minimum absolute atomic E-state index is 0.0547. The van der Waals surface area contributed by atoms with Gasteiger partial charge in [-0.2, -0.15) is 13.2 Å². The van der Waals surface area contributed by atoms with Crippen LogP contribution in [0.3, 0.4) is 0 Å². The molecule has 0 amide bonds. The number of benzene rings is 1. The zero-order valence-electron chi connectivity index (χ0n) is 10.2. The highest BCUT2D eigenvalue weighted by molar-refractivity contribution is 7.85. The van der Waals surface area contributed by atoms with E-state index in [9.17, 15) is 22.2 Å². The van der Waals surface area contributed by atoms with E-state index in [1.54, 1.807) is 6.92 Å². The maximum absolute atomic E-state index is 12.5. The first-order valence-corrected chi connectivity index (χ1v) is 6.87. The summed E-state index contributed by atoms with van der Waals surface area (Å²) >= 11 is 0. The van der Waals surface area contributed by atoms with Crippen LogP contribution in [0.5, 0.6) is 0 Å². The van der Waals surface area contributed by atoms with Gasteiger partial charge in [-0.1, -0.05) is 6.07 Å². The lowest BCUT2D eigenvalue weighted by Gasteiger charge is -2.08. The van der Waals surface area contributed by atoms with Crippen LogP contribution in [-0.4, -0.2) is 22.5 Å². The van der Waals surface area contributed by atoms with Gasteiger partial charge in [0.25, 0.3) is 0 Å². The molecule has 0 saturated carbocycles.